The molecule has 0 saturated heterocycles. The van der Waals surface area contributed by atoms with E-state index in [1.807, 2.05) is 91.1 Å². The molecule has 6 heteroatoms. The molecule has 1 unspecified atom stereocenters. The van der Waals surface area contributed by atoms with Crippen molar-refractivity contribution in [1.82, 2.24) is 0 Å². The Morgan fingerprint density at radius 1 is 0.368 bits per heavy atom. The van der Waals surface area contributed by atoms with E-state index in [1.165, 1.54) is 64.2 Å². The molecule has 0 amide bonds. The summed E-state index contributed by atoms with van der Waals surface area (Å²) >= 11 is 0. The third kappa shape index (κ3) is 43.0. The lowest BCUT2D eigenvalue weighted by molar-refractivity contribution is -0.167. The summed E-state index contributed by atoms with van der Waals surface area (Å²) in [4.78, 5) is 37.7. The molecular formula is C51H80O6. The fourth-order valence-corrected chi connectivity index (χ4v) is 5.66. The van der Waals surface area contributed by atoms with Crippen LogP contribution in [0.25, 0.3) is 0 Å². The normalized spacial score (nSPS) is 13.1. The molecule has 0 aliphatic carbocycles. The van der Waals surface area contributed by atoms with Gasteiger partial charge in [0.05, 0.1) is 0 Å². The Balaban J connectivity index is 4.58. The second-order valence-corrected chi connectivity index (χ2v) is 14.4. The minimum Gasteiger partial charge on any atom is -0.462 e. The number of ether oxygens (including phenoxy) is 3. The average Bonchev–Trinajstić information content (AvgIpc) is 3.21. The molecule has 1 atom stereocenters. The van der Waals surface area contributed by atoms with E-state index in [9.17, 15) is 14.4 Å². The van der Waals surface area contributed by atoms with E-state index in [2.05, 4.69) is 39.0 Å². The number of rotatable bonds is 38. The first-order valence-electron chi connectivity index (χ1n) is 22.5. The van der Waals surface area contributed by atoms with Crippen molar-refractivity contribution in [2.24, 2.45) is 0 Å². The van der Waals surface area contributed by atoms with Crippen LogP contribution in [0.4, 0.5) is 0 Å². The Morgan fingerprint density at radius 3 is 1.14 bits per heavy atom. The molecule has 0 spiro atoms. The van der Waals surface area contributed by atoms with E-state index < -0.39 is 6.10 Å². The average molecular weight is 789 g/mol. The van der Waals surface area contributed by atoms with Crippen molar-refractivity contribution in [2.45, 2.75) is 181 Å². The molecule has 0 aromatic rings. The Morgan fingerprint density at radius 2 is 0.702 bits per heavy atom. The monoisotopic (exact) mass is 789 g/mol. The van der Waals surface area contributed by atoms with Gasteiger partial charge in [0, 0.05) is 19.3 Å². The second kappa shape index (κ2) is 44.8. The van der Waals surface area contributed by atoms with Crippen molar-refractivity contribution in [3.05, 3.63) is 109 Å². The van der Waals surface area contributed by atoms with Gasteiger partial charge in [-0.1, -0.05) is 214 Å². The van der Waals surface area contributed by atoms with Crippen LogP contribution >= 0.6 is 0 Å². The second-order valence-electron chi connectivity index (χ2n) is 14.4. The maximum absolute atomic E-state index is 12.7. The van der Waals surface area contributed by atoms with Gasteiger partial charge < -0.3 is 14.2 Å². The van der Waals surface area contributed by atoms with Gasteiger partial charge in [0.1, 0.15) is 13.2 Å². The Labute approximate surface area is 349 Å². The lowest BCUT2D eigenvalue weighted by atomic mass is 10.0. The van der Waals surface area contributed by atoms with Crippen molar-refractivity contribution >= 4 is 17.9 Å². The predicted octanol–water partition coefficient (Wildman–Crippen LogP) is 14.4. The van der Waals surface area contributed by atoms with E-state index >= 15 is 0 Å². The molecule has 0 radical (unpaired) electrons. The summed E-state index contributed by atoms with van der Waals surface area (Å²) < 4.78 is 16.6. The summed E-state index contributed by atoms with van der Waals surface area (Å²) in [6.45, 7) is 6.22. The number of allylic oxidation sites excluding steroid dienone is 18. The highest BCUT2D eigenvalue weighted by atomic mass is 16.6. The predicted molar refractivity (Wildman–Crippen MR) is 242 cm³/mol. The van der Waals surface area contributed by atoms with Gasteiger partial charge in [-0.2, -0.15) is 0 Å². The number of hydrogen-bond donors (Lipinski definition) is 0. The number of hydrogen-bond acceptors (Lipinski definition) is 6. The third-order valence-corrected chi connectivity index (χ3v) is 9.00. The number of carbonyl (C=O) groups excluding carboxylic acids is 3. The minimum atomic E-state index is -0.825. The summed E-state index contributed by atoms with van der Waals surface area (Å²) in [5.74, 6) is -1.05. The standard InChI is InChI=1S/C51H80O6/c1-4-7-10-13-16-19-22-25-28-31-34-37-40-43-49(52)55-46-48(57-51(54)45-42-39-36-33-30-27-24-21-18-15-12-9-6-3)47-56-50(53)44-41-38-35-32-29-26-23-20-17-14-11-8-5-2/h7,9-10,12-13,15-16,18-19,21-22,24-25,27-28,30-31,34,48H,4-6,8,11,14,17,20,23,26,29,32-33,35-47H2,1-3H3/b10-7+,12-9+,16-13+,18-15+,22-19+,24-21+,28-25+,30-27+,34-31+. The van der Waals surface area contributed by atoms with E-state index in [0.29, 0.717) is 19.3 Å². The Hall–Kier alpha value is -3.93. The van der Waals surface area contributed by atoms with Gasteiger partial charge in [-0.05, 0) is 51.4 Å². The summed E-state index contributed by atoms with van der Waals surface area (Å²) in [7, 11) is 0. The van der Waals surface area contributed by atoms with Crippen LogP contribution in [0.1, 0.15) is 175 Å². The molecule has 57 heavy (non-hydrogen) atoms. The van der Waals surface area contributed by atoms with Crippen LogP contribution in [0.2, 0.25) is 0 Å². The summed E-state index contributed by atoms with van der Waals surface area (Å²) in [5, 5.41) is 0. The zero-order valence-corrected chi connectivity index (χ0v) is 36.3. The third-order valence-electron chi connectivity index (χ3n) is 9.00. The van der Waals surface area contributed by atoms with E-state index in [-0.39, 0.29) is 44.0 Å². The van der Waals surface area contributed by atoms with E-state index in [1.54, 1.807) is 0 Å². The van der Waals surface area contributed by atoms with Crippen molar-refractivity contribution in [2.75, 3.05) is 13.2 Å². The molecule has 320 valence electrons. The molecule has 0 rings (SSSR count). The Bertz CT molecular complexity index is 1230. The highest BCUT2D eigenvalue weighted by molar-refractivity contribution is 5.71. The van der Waals surface area contributed by atoms with Crippen LogP contribution in [-0.4, -0.2) is 37.2 Å². The molecule has 0 aliphatic heterocycles. The van der Waals surface area contributed by atoms with Gasteiger partial charge in [-0.3, -0.25) is 14.4 Å². The quantitative estimate of drug-likeness (QED) is 0.0268. The number of esters is 3. The summed E-state index contributed by atoms with van der Waals surface area (Å²) in [6, 6.07) is 0. The molecule has 0 saturated carbocycles. The van der Waals surface area contributed by atoms with Crippen LogP contribution < -0.4 is 0 Å². The number of unbranched alkanes of at least 4 members (excludes halogenated alkanes) is 16. The van der Waals surface area contributed by atoms with Gasteiger partial charge in [-0.15, -0.1) is 0 Å². The molecule has 0 fully saturated rings. The van der Waals surface area contributed by atoms with Crippen molar-refractivity contribution < 1.29 is 28.6 Å². The van der Waals surface area contributed by atoms with E-state index in [0.717, 1.165) is 57.8 Å². The van der Waals surface area contributed by atoms with Gasteiger partial charge >= 0.3 is 17.9 Å². The van der Waals surface area contributed by atoms with Gasteiger partial charge in [-0.25, -0.2) is 0 Å². The Kier molecular flexibility index (Phi) is 41.7. The molecule has 0 N–H and O–H groups in total. The van der Waals surface area contributed by atoms with Crippen LogP contribution in [0.5, 0.6) is 0 Å². The first kappa shape index (κ1) is 53.1. The number of carbonyl (C=O) groups is 3. The lowest BCUT2D eigenvalue weighted by Gasteiger charge is -2.18. The fourth-order valence-electron chi connectivity index (χ4n) is 5.66. The first-order chi connectivity index (χ1) is 28.0. The highest BCUT2D eigenvalue weighted by Gasteiger charge is 2.19. The molecule has 0 heterocycles. The molecule has 6 nitrogen and oxygen atoms in total. The fraction of sp³-hybridized carbons (Fsp3) is 0.588. The van der Waals surface area contributed by atoms with Crippen molar-refractivity contribution in [1.29, 1.82) is 0 Å². The maximum Gasteiger partial charge on any atom is 0.306 e. The molecule has 0 aliphatic rings. The van der Waals surface area contributed by atoms with Crippen LogP contribution in [0.3, 0.4) is 0 Å². The highest BCUT2D eigenvalue weighted by Crippen LogP contribution is 2.14. The van der Waals surface area contributed by atoms with Crippen LogP contribution in [-0.2, 0) is 28.6 Å². The van der Waals surface area contributed by atoms with Gasteiger partial charge in [0.15, 0.2) is 6.10 Å². The SMILES string of the molecule is CC/C=C/C=C/C=C/C=C/C=C/CCCC(=O)OCC(COC(=O)CCCCCCCCCCCCCCC)OC(=O)CCCCC/C=C/C=C/C=C/C=C/CC. The van der Waals surface area contributed by atoms with Crippen molar-refractivity contribution in [3.63, 3.8) is 0 Å². The molecule has 0 aromatic carbocycles. The largest absolute Gasteiger partial charge is 0.462 e. The minimum absolute atomic E-state index is 0.118. The molecule has 0 aromatic heterocycles. The zero-order valence-electron chi connectivity index (χ0n) is 36.3. The van der Waals surface area contributed by atoms with Crippen LogP contribution in [0.15, 0.2) is 109 Å². The molecule has 0 bridgehead atoms. The topological polar surface area (TPSA) is 78.9 Å². The summed E-state index contributed by atoms with van der Waals surface area (Å²) in [6.07, 6.45) is 59.3. The zero-order chi connectivity index (χ0) is 41.5. The molecular weight excluding hydrogens is 709 g/mol. The smallest absolute Gasteiger partial charge is 0.306 e. The maximum atomic E-state index is 12.7. The van der Waals surface area contributed by atoms with Crippen LogP contribution in [0, 0.1) is 0 Å². The van der Waals surface area contributed by atoms with Gasteiger partial charge in [0.2, 0.25) is 0 Å². The first-order valence-corrected chi connectivity index (χ1v) is 22.5. The van der Waals surface area contributed by atoms with Gasteiger partial charge in [0.25, 0.3) is 0 Å². The van der Waals surface area contributed by atoms with E-state index in [4.69, 9.17) is 14.2 Å². The summed E-state index contributed by atoms with van der Waals surface area (Å²) in [5.41, 5.74) is 0. The van der Waals surface area contributed by atoms with Crippen molar-refractivity contribution in [3.8, 4) is 0 Å². The lowest BCUT2D eigenvalue weighted by Crippen LogP contribution is -2.30.